The molecular formula is C38H42ClN3O5S. The maximum absolute atomic E-state index is 14.7. The largest absolute Gasteiger partial charge is 0.497 e. The number of carbonyl (C=O) groups excluding carboxylic acids is 2. The summed E-state index contributed by atoms with van der Waals surface area (Å²) in [5.41, 5.74) is 3.00. The summed E-state index contributed by atoms with van der Waals surface area (Å²) in [4.78, 5) is 30.4. The van der Waals surface area contributed by atoms with E-state index in [9.17, 15) is 18.0 Å². The third kappa shape index (κ3) is 8.96. The second kappa shape index (κ2) is 16.2. The highest BCUT2D eigenvalue weighted by atomic mass is 35.5. The van der Waals surface area contributed by atoms with Crippen molar-refractivity contribution < 1.29 is 22.7 Å². The molecular weight excluding hydrogens is 646 g/mol. The van der Waals surface area contributed by atoms with Crippen molar-refractivity contribution in [3.8, 4) is 5.75 Å². The molecule has 0 aliphatic heterocycles. The number of rotatable bonds is 13. The molecule has 1 atom stereocenters. The molecule has 0 heterocycles. The van der Waals surface area contributed by atoms with Crippen LogP contribution in [0.4, 0.5) is 5.69 Å². The Hall–Kier alpha value is -4.34. The second-order valence-electron chi connectivity index (χ2n) is 12.2. The molecule has 1 aliphatic rings. The van der Waals surface area contributed by atoms with Crippen LogP contribution in [0.3, 0.4) is 0 Å². The van der Waals surface area contributed by atoms with Crippen molar-refractivity contribution in [1.29, 1.82) is 0 Å². The predicted molar refractivity (Wildman–Crippen MR) is 190 cm³/mol. The minimum absolute atomic E-state index is 0.0166. The highest BCUT2D eigenvalue weighted by Crippen LogP contribution is 2.28. The fourth-order valence-corrected chi connectivity index (χ4v) is 7.61. The van der Waals surface area contributed by atoms with Crippen molar-refractivity contribution in [3.63, 3.8) is 0 Å². The zero-order valence-corrected chi connectivity index (χ0v) is 28.9. The number of ether oxygens (including phenoxy) is 1. The van der Waals surface area contributed by atoms with Gasteiger partial charge in [-0.2, -0.15) is 0 Å². The topological polar surface area (TPSA) is 96.0 Å². The number of aryl methyl sites for hydroxylation is 1. The van der Waals surface area contributed by atoms with Crippen LogP contribution in [0.15, 0.2) is 108 Å². The highest BCUT2D eigenvalue weighted by molar-refractivity contribution is 7.92. The number of hydrogen-bond donors (Lipinski definition) is 1. The van der Waals surface area contributed by atoms with Gasteiger partial charge in [0.2, 0.25) is 11.8 Å². The van der Waals surface area contributed by atoms with Gasteiger partial charge in [0.1, 0.15) is 18.3 Å². The Bertz CT molecular complexity index is 1780. The molecule has 4 aromatic rings. The van der Waals surface area contributed by atoms with Crippen LogP contribution in [-0.2, 0) is 32.6 Å². The van der Waals surface area contributed by atoms with E-state index < -0.39 is 28.5 Å². The quantitative estimate of drug-likeness (QED) is 0.164. The predicted octanol–water partition coefficient (Wildman–Crippen LogP) is 6.94. The molecule has 8 nitrogen and oxygen atoms in total. The number of benzene rings is 4. The van der Waals surface area contributed by atoms with Crippen LogP contribution in [-0.4, -0.2) is 50.9 Å². The van der Waals surface area contributed by atoms with Crippen molar-refractivity contribution in [3.05, 3.63) is 125 Å². The Balaban J connectivity index is 1.56. The van der Waals surface area contributed by atoms with Gasteiger partial charge >= 0.3 is 0 Å². The van der Waals surface area contributed by atoms with Gasteiger partial charge in [0, 0.05) is 24.0 Å². The van der Waals surface area contributed by atoms with Gasteiger partial charge in [-0.05, 0) is 73.4 Å². The van der Waals surface area contributed by atoms with Gasteiger partial charge in [-0.1, -0.05) is 97.1 Å². The molecule has 0 saturated heterocycles. The molecule has 48 heavy (non-hydrogen) atoms. The normalized spacial score (nSPS) is 14.1. The first-order chi connectivity index (χ1) is 23.1. The number of anilines is 1. The third-order valence-corrected chi connectivity index (χ3v) is 10.7. The first-order valence-corrected chi connectivity index (χ1v) is 18.1. The van der Waals surface area contributed by atoms with Crippen LogP contribution in [0.5, 0.6) is 5.75 Å². The molecule has 2 amide bonds. The van der Waals surface area contributed by atoms with E-state index in [1.165, 1.54) is 30.2 Å². The molecule has 5 rings (SSSR count). The Labute approximate surface area is 288 Å². The lowest BCUT2D eigenvalue weighted by molar-refractivity contribution is -0.140. The van der Waals surface area contributed by atoms with Crippen molar-refractivity contribution in [2.75, 3.05) is 18.0 Å². The summed E-state index contributed by atoms with van der Waals surface area (Å²) in [6.07, 6.45) is 5.26. The van der Waals surface area contributed by atoms with Crippen LogP contribution >= 0.6 is 11.6 Å². The van der Waals surface area contributed by atoms with E-state index in [0.29, 0.717) is 10.8 Å². The SMILES string of the molecule is COc1ccc(S(=O)(=O)N(CC(=O)N(Cc2ccc(C)cc2)C(Cc2ccccc2)C(=O)NC2CCCCC2)c2cccc(Cl)c2)cc1. The molecule has 252 valence electrons. The molecule has 10 heteroatoms. The number of hydrogen-bond acceptors (Lipinski definition) is 5. The van der Waals surface area contributed by atoms with Crippen LogP contribution in [0.2, 0.25) is 5.02 Å². The van der Waals surface area contributed by atoms with E-state index in [1.54, 1.807) is 30.3 Å². The van der Waals surface area contributed by atoms with E-state index in [1.807, 2.05) is 61.5 Å². The summed E-state index contributed by atoms with van der Waals surface area (Å²) in [5, 5.41) is 3.55. The summed E-state index contributed by atoms with van der Waals surface area (Å²) in [6.45, 7) is 1.54. The van der Waals surface area contributed by atoms with Crippen LogP contribution in [0.1, 0.15) is 48.8 Å². The number of nitrogens with zero attached hydrogens (tertiary/aromatic N) is 2. The van der Waals surface area contributed by atoms with Crippen molar-refractivity contribution in [2.24, 2.45) is 0 Å². The zero-order chi connectivity index (χ0) is 34.1. The van der Waals surface area contributed by atoms with Crippen molar-refractivity contribution in [2.45, 2.75) is 69.0 Å². The maximum atomic E-state index is 14.7. The molecule has 1 unspecified atom stereocenters. The van der Waals surface area contributed by atoms with Gasteiger partial charge in [-0.3, -0.25) is 13.9 Å². The van der Waals surface area contributed by atoms with E-state index in [2.05, 4.69) is 5.32 Å². The highest BCUT2D eigenvalue weighted by Gasteiger charge is 2.35. The minimum atomic E-state index is -4.26. The number of sulfonamides is 1. The van der Waals surface area contributed by atoms with Gasteiger partial charge in [0.25, 0.3) is 10.0 Å². The monoisotopic (exact) mass is 687 g/mol. The summed E-state index contributed by atoms with van der Waals surface area (Å²) < 4.78 is 34.8. The summed E-state index contributed by atoms with van der Waals surface area (Å²) >= 11 is 6.33. The lowest BCUT2D eigenvalue weighted by atomic mass is 9.94. The molecule has 0 bridgehead atoms. The molecule has 1 saturated carbocycles. The van der Waals surface area contributed by atoms with Gasteiger partial charge in [0.15, 0.2) is 0 Å². The van der Waals surface area contributed by atoms with Crippen molar-refractivity contribution in [1.82, 2.24) is 10.2 Å². The van der Waals surface area contributed by atoms with Gasteiger partial charge in [-0.25, -0.2) is 8.42 Å². The van der Waals surface area contributed by atoms with E-state index in [4.69, 9.17) is 16.3 Å². The minimum Gasteiger partial charge on any atom is -0.497 e. The molecule has 1 N–H and O–H groups in total. The molecule has 1 aliphatic carbocycles. The van der Waals surface area contributed by atoms with E-state index in [0.717, 1.165) is 53.1 Å². The third-order valence-electron chi connectivity index (χ3n) is 8.72. The molecule has 4 aromatic carbocycles. The number of carbonyl (C=O) groups is 2. The number of methoxy groups -OCH3 is 1. The van der Waals surface area contributed by atoms with Gasteiger partial charge < -0.3 is 15.0 Å². The number of nitrogens with one attached hydrogen (secondary N) is 1. The van der Waals surface area contributed by atoms with Crippen LogP contribution in [0, 0.1) is 6.92 Å². The Kier molecular flexibility index (Phi) is 11.8. The Morgan fingerprint density at radius 1 is 0.875 bits per heavy atom. The first-order valence-electron chi connectivity index (χ1n) is 16.3. The molecule has 1 fully saturated rings. The molecule has 0 aromatic heterocycles. The van der Waals surface area contributed by atoms with Crippen LogP contribution < -0.4 is 14.4 Å². The van der Waals surface area contributed by atoms with Crippen molar-refractivity contribution >= 4 is 39.1 Å². The number of amides is 2. The van der Waals surface area contributed by atoms with E-state index in [-0.39, 0.29) is 35.5 Å². The van der Waals surface area contributed by atoms with Gasteiger partial charge in [-0.15, -0.1) is 0 Å². The van der Waals surface area contributed by atoms with Gasteiger partial charge in [0.05, 0.1) is 17.7 Å². The standard InChI is InChI=1S/C38H42ClN3O5S/c1-28-16-18-30(19-17-28)26-41(36(24-29-10-5-3-6-11-29)38(44)40-32-13-7-4-8-14-32)37(43)27-42(33-15-9-12-31(39)25-33)48(45,46)35-22-20-34(47-2)21-23-35/h3,5-6,9-12,15-23,25,32,36H,4,7-8,13-14,24,26-27H2,1-2H3,(H,40,44). The molecule has 0 spiro atoms. The fraction of sp³-hybridized carbons (Fsp3) is 0.316. The summed E-state index contributed by atoms with van der Waals surface area (Å²) in [5.74, 6) is -0.276. The smallest absolute Gasteiger partial charge is 0.264 e. The van der Waals surface area contributed by atoms with Crippen LogP contribution in [0.25, 0.3) is 0 Å². The lowest BCUT2D eigenvalue weighted by Gasteiger charge is -2.35. The average Bonchev–Trinajstić information content (AvgIpc) is 3.10. The lowest BCUT2D eigenvalue weighted by Crippen LogP contribution is -2.55. The molecule has 0 radical (unpaired) electrons. The first kappa shape index (κ1) is 35.0. The second-order valence-corrected chi connectivity index (χ2v) is 14.5. The zero-order valence-electron chi connectivity index (χ0n) is 27.3. The maximum Gasteiger partial charge on any atom is 0.264 e. The fourth-order valence-electron chi connectivity index (χ4n) is 6.02. The number of halogens is 1. The van der Waals surface area contributed by atoms with E-state index >= 15 is 0 Å². The summed E-state index contributed by atoms with van der Waals surface area (Å²) in [7, 11) is -2.76. The summed E-state index contributed by atoms with van der Waals surface area (Å²) in [6, 6.07) is 28.9. The Morgan fingerprint density at radius 2 is 1.56 bits per heavy atom. The Morgan fingerprint density at radius 3 is 2.21 bits per heavy atom. The average molecular weight is 688 g/mol.